The van der Waals surface area contributed by atoms with Gasteiger partial charge < -0.3 is 10.6 Å². The number of benzene rings is 1. The lowest BCUT2D eigenvalue weighted by Gasteiger charge is -2.21. The van der Waals surface area contributed by atoms with Crippen molar-refractivity contribution >= 4 is 23.2 Å². The number of carbonyl (C=O) groups is 1. The number of likely N-dealkylation sites (tertiary alicyclic amines) is 1. The van der Waals surface area contributed by atoms with Gasteiger partial charge in [-0.2, -0.15) is 0 Å². The maximum atomic E-state index is 12.4. The van der Waals surface area contributed by atoms with E-state index in [4.69, 9.17) is 17.3 Å². The quantitative estimate of drug-likeness (QED) is 0.794. The lowest BCUT2D eigenvalue weighted by atomic mass is 10.0. The van der Waals surface area contributed by atoms with Gasteiger partial charge in [0, 0.05) is 18.8 Å². The summed E-state index contributed by atoms with van der Waals surface area (Å²) in [4.78, 5) is 14.3. The Hall–Kier alpha value is -1.22. The van der Waals surface area contributed by atoms with E-state index in [1.165, 1.54) is 6.42 Å². The Balaban J connectivity index is 2.17. The molecule has 0 spiro atoms. The zero-order chi connectivity index (χ0) is 13.1. The van der Waals surface area contributed by atoms with E-state index in [2.05, 4.69) is 6.92 Å². The van der Waals surface area contributed by atoms with Gasteiger partial charge >= 0.3 is 0 Å². The van der Waals surface area contributed by atoms with Crippen LogP contribution in [0.5, 0.6) is 0 Å². The third-order valence-corrected chi connectivity index (χ3v) is 3.85. The molecule has 1 unspecified atom stereocenters. The first kappa shape index (κ1) is 13.2. The van der Waals surface area contributed by atoms with Crippen LogP contribution in [0.15, 0.2) is 18.2 Å². The molecule has 0 radical (unpaired) electrons. The average molecular weight is 267 g/mol. The summed E-state index contributed by atoms with van der Waals surface area (Å²) in [5.74, 6) is 0.695. The summed E-state index contributed by atoms with van der Waals surface area (Å²) < 4.78 is 0. The van der Waals surface area contributed by atoms with E-state index in [1.54, 1.807) is 18.2 Å². The van der Waals surface area contributed by atoms with Crippen LogP contribution in [-0.4, -0.2) is 23.9 Å². The van der Waals surface area contributed by atoms with Gasteiger partial charge in [0.1, 0.15) is 0 Å². The Bertz CT molecular complexity index is 447. The molecule has 1 aliphatic rings. The SMILES string of the molecule is CC1CCCN(C(=O)c2cc(N)ccc2Cl)CC1. The minimum Gasteiger partial charge on any atom is -0.399 e. The first-order valence-corrected chi connectivity index (χ1v) is 6.80. The van der Waals surface area contributed by atoms with Crippen molar-refractivity contribution in [3.63, 3.8) is 0 Å². The fourth-order valence-electron chi connectivity index (χ4n) is 2.34. The van der Waals surface area contributed by atoms with Crippen LogP contribution in [0.3, 0.4) is 0 Å². The van der Waals surface area contributed by atoms with Crippen LogP contribution in [0.4, 0.5) is 5.69 Å². The van der Waals surface area contributed by atoms with Gasteiger partial charge in [0.2, 0.25) is 0 Å². The second-order valence-electron chi connectivity index (χ2n) is 5.07. The summed E-state index contributed by atoms with van der Waals surface area (Å²) in [6.45, 7) is 3.86. The Morgan fingerprint density at radius 1 is 1.39 bits per heavy atom. The smallest absolute Gasteiger partial charge is 0.255 e. The molecule has 0 aliphatic carbocycles. The van der Waals surface area contributed by atoms with Crippen molar-refractivity contribution in [3.8, 4) is 0 Å². The van der Waals surface area contributed by atoms with E-state index in [1.807, 2.05) is 4.90 Å². The maximum absolute atomic E-state index is 12.4. The highest BCUT2D eigenvalue weighted by Crippen LogP contribution is 2.23. The summed E-state index contributed by atoms with van der Waals surface area (Å²) in [5.41, 5.74) is 6.81. The molecule has 3 nitrogen and oxygen atoms in total. The highest BCUT2D eigenvalue weighted by molar-refractivity contribution is 6.34. The van der Waals surface area contributed by atoms with Crippen LogP contribution in [0.1, 0.15) is 36.5 Å². The second-order valence-corrected chi connectivity index (χ2v) is 5.47. The van der Waals surface area contributed by atoms with E-state index in [-0.39, 0.29) is 5.91 Å². The molecule has 4 heteroatoms. The lowest BCUT2D eigenvalue weighted by Crippen LogP contribution is -2.32. The summed E-state index contributed by atoms with van der Waals surface area (Å²) in [6.07, 6.45) is 3.31. The number of hydrogen-bond acceptors (Lipinski definition) is 2. The third kappa shape index (κ3) is 2.96. The van der Waals surface area contributed by atoms with Gasteiger partial charge in [-0.1, -0.05) is 18.5 Å². The molecule has 0 saturated carbocycles. The standard InChI is InChI=1S/C14H19ClN2O/c1-10-3-2-7-17(8-6-10)14(18)12-9-11(16)4-5-13(12)15/h4-5,9-10H,2-3,6-8,16H2,1H3. The Kier molecular flexibility index (Phi) is 4.12. The Morgan fingerprint density at radius 2 is 2.17 bits per heavy atom. The lowest BCUT2D eigenvalue weighted by molar-refractivity contribution is 0.0760. The number of halogens is 1. The minimum atomic E-state index is 0.00130. The number of nitrogen functional groups attached to an aromatic ring is 1. The van der Waals surface area contributed by atoms with Crippen LogP contribution < -0.4 is 5.73 Å². The molecular weight excluding hydrogens is 248 g/mol. The van der Waals surface area contributed by atoms with Gasteiger partial charge in [-0.15, -0.1) is 0 Å². The Morgan fingerprint density at radius 3 is 2.94 bits per heavy atom. The fourth-order valence-corrected chi connectivity index (χ4v) is 2.54. The number of nitrogens with zero attached hydrogens (tertiary/aromatic N) is 1. The Labute approximate surface area is 113 Å². The number of rotatable bonds is 1. The zero-order valence-corrected chi connectivity index (χ0v) is 11.4. The first-order valence-electron chi connectivity index (χ1n) is 6.42. The monoisotopic (exact) mass is 266 g/mol. The van der Waals surface area contributed by atoms with E-state index in [0.29, 0.717) is 22.2 Å². The summed E-state index contributed by atoms with van der Waals surface area (Å²) in [7, 11) is 0. The van der Waals surface area contributed by atoms with Gasteiger partial charge in [-0.3, -0.25) is 4.79 Å². The van der Waals surface area contributed by atoms with Crippen LogP contribution in [-0.2, 0) is 0 Å². The van der Waals surface area contributed by atoms with Crippen LogP contribution in [0.2, 0.25) is 5.02 Å². The van der Waals surface area contributed by atoms with E-state index in [0.717, 1.165) is 25.9 Å². The van der Waals surface area contributed by atoms with Crippen LogP contribution in [0, 0.1) is 5.92 Å². The maximum Gasteiger partial charge on any atom is 0.255 e. The predicted octanol–water partition coefficient (Wildman–Crippen LogP) is 3.18. The molecule has 1 saturated heterocycles. The molecular formula is C14H19ClN2O. The molecule has 1 aromatic rings. The number of amides is 1. The van der Waals surface area contributed by atoms with Crippen molar-refractivity contribution in [2.45, 2.75) is 26.2 Å². The van der Waals surface area contributed by atoms with Gasteiger partial charge in [0.05, 0.1) is 10.6 Å². The fraction of sp³-hybridized carbons (Fsp3) is 0.500. The summed E-state index contributed by atoms with van der Waals surface area (Å²) in [6, 6.07) is 5.06. The average Bonchev–Trinajstić information content (AvgIpc) is 2.56. The first-order chi connectivity index (χ1) is 8.58. The van der Waals surface area contributed by atoms with Crippen LogP contribution >= 0.6 is 11.6 Å². The molecule has 1 aliphatic heterocycles. The number of anilines is 1. The number of hydrogen-bond donors (Lipinski definition) is 1. The highest BCUT2D eigenvalue weighted by atomic mass is 35.5. The molecule has 0 bridgehead atoms. The van der Waals surface area contributed by atoms with E-state index >= 15 is 0 Å². The van der Waals surface area contributed by atoms with Crippen molar-refractivity contribution in [2.24, 2.45) is 5.92 Å². The molecule has 1 atom stereocenters. The molecule has 1 fully saturated rings. The third-order valence-electron chi connectivity index (χ3n) is 3.52. The minimum absolute atomic E-state index is 0.00130. The number of nitrogens with two attached hydrogens (primary N) is 1. The van der Waals surface area contributed by atoms with Crippen molar-refractivity contribution < 1.29 is 4.79 Å². The van der Waals surface area contributed by atoms with Gasteiger partial charge in [0.15, 0.2) is 0 Å². The molecule has 1 amide bonds. The molecule has 98 valence electrons. The van der Waals surface area contributed by atoms with Gasteiger partial charge in [-0.05, 0) is 43.4 Å². The summed E-state index contributed by atoms with van der Waals surface area (Å²) >= 11 is 6.08. The van der Waals surface area contributed by atoms with Crippen molar-refractivity contribution in [3.05, 3.63) is 28.8 Å². The normalized spacial score (nSPS) is 20.6. The second kappa shape index (κ2) is 5.61. The van der Waals surface area contributed by atoms with Crippen molar-refractivity contribution in [1.29, 1.82) is 0 Å². The molecule has 0 aromatic heterocycles. The topological polar surface area (TPSA) is 46.3 Å². The molecule has 2 rings (SSSR count). The zero-order valence-electron chi connectivity index (χ0n) is 10.7. The van der Waals surface area contributed by atoms with Crippen molar-refractivity contribution in [1.82, 2.24) is 4.90 Å². The predicted molar refractivity (Wildman–Crippen MR) is 74.8 cm³/mol. The van der Waals surface area contributed by atoms with E-state index in [9.17, 15) is 4.79 Å². The van der Waals surface area contributed by atoms with Gasteiger partial charge in [0.25, 0.3) is 5.91 Å². The van der Waals surface area contributed by atoms with Crippen molar-refractivity contribution in [2.75, 3.05) is 18.8 Å². The largest absolute Gasteiger partial charge is 0.399 e. The number of carbonyl (C=O) groups excluding carboxylic acids is 1. The van der Waals surface area contributed by atoms with Gasteiger partial charge in [-0.25, -0.2) is 0 Å². The molecule has 2 N–H and O–H groups in total. The molecule has 1 heterocycles. The molecule has 18 heavy (non-hydrogen) atoms. The highest BCUT2D eigenvalue weighted by Gasteiger charge is 2.21. The van der Waals surface area contributed by atoms with E-state index < -0.39 is 0 Å². The van der Waals surface area contributed by atoms with Crippen LogP contribution in [0.25, 0.3) is 0 Å². The molecule has 1 aromatic carbocycles. The summed E-state index contributed by atoms with van der Waals surface area (Å²) in [5, 5.41) is 0.478.